The quantitative estimate of drug-likeness (QED) is 0.763. The fraction of sp³-hybridized carbons (Fsp3) is 0.529. The molecular weight excluding hydrogens is 278 g/mol. The highest BCUT2D eigenvalue weighted by molar-refractivity contribution is 5.94. The first-order chi connectivity index (χ1) is 10.6. The number of nitrogens with one attached hydrogen (secondary N) is 1. The van der Waals surface area contributed by atoms with Crippen LogP contribution in [-0.2, 0) is 4.74 Å². The zero-order valence-corrected chi connectivity index (χ0v) is 13.7. The monoisotopic (exact) mass is 303 g/mol. The van der Waals surface area contributed by atoms with Gasteiger partial charge in [-0.2, -0.15) is 0 Å². The van der Waals surface area contributed by atoms with Crippen LogP contribution in [0.15, 0.2) is 18.3 Å². The van der Waals surface area contributed by atoms with Crippen molar-refractivity contribution >= 4 is 11.6 Å². The van der Waals surface area contributed by atoms with Gasteiger partial charge in [0.15, 0.2) is 0 Å². The number of imidazole rings is 1. The van der Waals surface area contributed by atoms with Gasteiger partial charge in [0.2, 0.25) is 0 Å². The molecule has 0 aliphatic rings. The van der Waals surface area contributed by atoms with Gasteiger partial charge in [-0.05, 0) is 38.3 Å². The number of fused-ring (bicyclic) bond motifs is 1. The Kier molecular flexibility index (Phi) is 5.95. The van der Waals surface area contributed by atoms with E-state index in [2.05, 4.69) is 17.2 Å². The van der Waals surface area contributed by atoms with Gasteiger partial charge in [0.1, 0.15) is 11.3 Å². The van der Waals surface area contributed by atoms with Crippen LogP contribution in [0.2, 0.25) is 0 Å². The van der Waals surface area contributed by atoms with Crippen molar-refractivity contribution in [3.63, 3.8) is 0 Å². The average molecular weight is 303 g/mol. The molecule has 0 unspecified atom stereocenters. The summed E-state index contributed by atoms with van der Waals surface area (Å²) >= 11 is 0. The minimum atomic E-state index is -0.0795. The standard InChI is InChI=1S/C17H25N3O2/c1-4-5-11-22-12-7-9-18-17(21)15-14(3)19-16-13(2)8-6-10-20(15)16/h6,8,10H,4-5,7,9,11-12H2,1-3H3,(H,18,21). The Bertz CT molecular complexity index is 634. The van der Waals surface area contributed by atoms with Gasteiger partial charge in [-0.25, -0.2) is 4.98 Å². The van der Waals surface area contributed by atoms with Crippen LogP contribution in [0.25, 0.3) is 5.65 Å². The second kappa shape index (κ2) is 7.94. The molecule has 1 N–H and O–H groups in total. The van der Waals surface area contributed by atoms with Gasteiger partial charge in [-0.15, -0.1) is 0 Å². The molecule has 2 heterocycles. The second-order valence-electron chi connectivity index (χ2n) is 5.51. The topological polar surface area (TPSA) is 55.6 Å². The number of carbonyl (C=O) groups excluding carboxylic acids is 1. The molecule has 0 aliphatic carbocycles. The Labute approximate surface area is 131 Å². The van der Waals surface area contributed by atoms with Crippen LogP contribution in [0.1, 0.15) is 47.9 Å². The van der Waals surface area contributed by atoms with E-state index in [0.717, 1.165) is 42.8 Å². The molecule has 120 valence electrons. The summed E-state index contributed by atoms with van der Waals surface area (Å²) in [7, 11) is 0. The van der Waals surface area contributed by atoms with Gasteiger partial charge in [0.05, 0.1) is 5.69 Å². The number of carbonyl (C=O) groups is 1. The number of ether oxygens (including phenoxy) is 1. The SMILES string of the molecule is CCCCOCCCNC(=O)c1c(C)nc2c(C)cccn12. The molecule has 0 fully saturated rings. The lowest BCUT2D eigenvalue weighted by molar-refractivity contribution is 0.0934. The number of aromatic nitrogens is 2. The molecule has 1 amide bonds. The number of nitrogens with zero attached hydrogens (tertiary/aromatic N) is 2. The molecule has 0 atom stereocenters. The van der Waals surface area contributed by atoms with E-state index in [1.165, 1.54) is 0 Å². The smallest absolute Gasteiger partial charge is 0.270 e. The Morgan fingerprint density at radius 3 is 2.86 bits per heavy atom. The molecular formula is C17H25N3O2. The first-order valence-electron chi connectivity index (χ1n) is 7.95. The van der Waals surface area contributed by atoms with Crippen LogP contribution < -0.4 is 5.32 Å². The molecule has 5 nitrogen and oxygen atoms in total. The molecule has 5 heteroatoms. The molecule has 0 aliphatic heterocycles. The summed E-state index contributed by atoms with van der Waals surface area (Å²) in [6.07, 6.45) is 4.94. The largest absolute Gasteiger partial charge is 0.381 e. The fourth-order valence-electron chi connectivity index (χ4n) is 2.40. The van der Waals surface area contributed by atoms with Crippen LogP contribution in [-0.4, -0.2) is 35.1 Å². The van der Waals surface area contributed by atoms with Crippen molar-refractivity contribution in [2.45, 2.75) is 40.0 Å². The first kappa shape index (κ1) is 16.5. The van der Waals surface area contributed by atoms with Crippen molar-refractivity contribution in [1.82, 2.24) is 14.7 Å². The van der Waals surface area contributed by atoms with Gasteiger partial charge in [0, 0.05) is 26.0 Å². The first-order valence-corrected chi connectivity index (χ1v) is 7.95. The highest BCUT2D eigenvalue weighted by Crippen LogP contribution is 2.15. The lowest BCUT2D eigenvalue weighted by Crippen LogP contribution is -2.27. The summed E-state index contributed by atoms with van der Waals surface area (Å²) in [6, 6.07) is 3.93. The normalized spacial score (nSPS) is 11.0. The third-order valence-electron chi connectivity index (χ3n) is 3.63. The summed E-state index contributed by atoms with van der Waals surface area (Å²) in [5.41, 5.74) is 3.28. The van der Waals surface area contributed by atoms with Gasteiger partial charge >= 0.3 is 0 Å². The minimum Gasteiger partial charge on any atom is -0.381 e. The maximum atomic E-state index is 12.4. The molecule has 2 aromatic rings. The summed E-state index contributed by atoms with van der Waals surface area (Å²) in [4.78, 5) is 16.9. The van der Waals surface area contributed by atoms with Crippen molar-refractivity contribution < 1.29 is 9.53 Å². The van der Waals surface area contributed by atoms with Crippen molar-refractivity contribution in [3.05, 3.63) is 35.3 Å². The summed E-state index contributed by atoms with van der Waals surface area (Å²) in [5, 5.41) is 2.95. The Hall–Kier alpha value is -1.88. The van der Waals surface area contributed by atoms with Crippen LogP contribution in [0, 0.1) is 13.8 Å². The zero-order valence-electron chi connectivity index (χ0n) is 13.7. The van der Waals surface area contributed by atoms with Crippen molar-refractivity contribution in [2.75, 3.05) is 19.8 Å². The van der Waals surface area contributed by atoms with Crippen molar-refractivity contribution in [1.29, 1.82) is 0 Å². The highest BCUT2D eigenvalue weighted by Gasteiger charge is 2.16. The molecule has 0 saturated carbocycles. The van der Waals surface area contributed by atoms with E-state index in [-0.39, 0.29) is 5.91 Å². The van der Waals surface area contributed by atoms with E-state index in [1.54, 1.807) is 0 Å². The van der Waals surface area contributed by atoms with E-state index >= 15 is 0 Å². The van der Waals surface area contributed by atoms with Crippen molar-refractivity contribution in [2.24, 2.45) is 0 Å². The number of hydrogen-bond acceptors (Lipinski definition) is 3. The van der Waals surface area contributed by atoms with Crippen LogP contribution >= 0.6 is 0 Å². The Morgan fingerprint density at radius 2 is 2.09 bits per heavy atom. The predicted octanol–water partition coefficient (Wildman–Crippen LogP) is 2.89. The van der Waals surface area contributed by atoms with E-state index in [9.17, 15) is 4.79 Å². The molecule has 0 bridgehead atoms. The van der Waals surface area contributed by atoms with E-state index in [1.807, 2.05) is 36.6 Å². The van der Waals surface area contributed by atoms with Gasteiger partial charge in [-0.3, -0.25) is 9.20 Å². The lowest BCUT2D eigenvalue weighted by atomic mass is 10.3. The number of amides is 1. The summed E-state index contributed by atoms with van der Waals surface area (Å²) in [5.74, 6) is -0.0795. The average Bonchev–Trinajstić information content (AvgIpc) is 2.84. The number of rotatable bonds is 8. The van der Waals surface area contributed by atoms with Crippen molar-refractivity contribution in [3.8, 4) is 0 Å². The molecule has 2 rings (SSSR count). The Balaban J connectivity index is 1.91. The summed E-state index contributed by atoms with van der Waals surface area (Å²) in [6.45, 7) is 8.11. The summed E-state index contributed by atoms with van der Waals surface area (Å²) < 4.78 is 7.35. The van der Waals surface area contributed by atoms with Gasteiger partial charge < -0.3 is 10.1 Å². The highest BCUT2D eigenvalue weighted by atomic mass is 16.5. The molecule has 22 heavy (non-hydrogen) atoms. The number of pyridine rings is 1. The molecule has 2 aromatic heterocycles. The zero-order chi connectivity index (χ0) is 15.9. The number of aryl methyl sites for hydroxylation is 2. The van der Waals surface area contributed by atoms with Crippen LogP contribution in [0.4, 0.5) is 0 Å². The van der Waals surface area contributed by atoms with E-state index in [0.29, 0.717) is 18.8 Å². The predicted molar refractivity (Wildman–Crippen MR) is 87.3 cm³/mol. The maximum absolute atomic E-state index is 12.4. The maximum Gasteiger partial charge on any atom is 0.270 e. The van der Waals surface area contributed by atoms with Gasteiger partial charge in [-0.1, -0.05) is 19.4 Å². The molecule has 0 radical (unpaired) electrons. The second-order valence-corrected chi connectivity index (χ2v) is 5.51. The lowest BCUT2D eigenvalue weighted by Gasteiger charge is -2.07. The number of hydrogen-bond donors (Lipinski definition) is 1. The minimum absolute atomic E-state index is 0.0795. The Morgan fingerprint density at radius 1 is 1.32 bits per heavy atom. The molecule has 0 aromatic carbocycles. The van der Waals surface area contributed by atoms with E-state index in [4.69, 9.17) is 4.74 Å². The number of unbranched alkanes of at least 4 members (excludes halogenated alkanes) is 1. The third-order valence-corrected chi connectivity index (χ3v) is 3.63. The van der Waals surface area contributed by atoms with Crippen LogP contribution in [0.5, 0.6) is 0 Å². The molecule has 0 spiro atoms. The fourth-order valence-corrected chi connectivity index (χ4v) is 2.40. The molecule has 0 saturated heterocycles. The van der Waals surface area contributed by atoms with E-state index < -0.39 is 0 Å². The third kappa shape index (κ3) is 3.85. The van der Waals surface area contributed by atoms with Crippen LogP contribution in [0.3, 0.4) is 0 Å². The van der Waals surface area contributed by atoms with Gasteiger partial charge in [0.25, 0.3) is 5.91 Å².